The van der Waals surface area contributed by atoms with Crippen LogP contribution in [-0.2, 0) is 0 Å². The summed E-state index contributed by atoms with van der Waals surface area (Å²) in [5.74, 6) is -0.0257. The molecule has 1 aromatic heterocycles. The van der Waals surface area contributed by atoms with Crippen molar-refractivity contribution in [2.24, 2.45) is 0 Å². The fourth-order valence-electron chi connectivity index (χ4n) is 3.18. The standard InChI is InChI=1S/C25H19NO2/c1-18-10-12-21(13-11-18)25-20(8-5-9-22(25)23-16-17-28-26-23)14-15-24(27)19-6-3-2-4-7-19/h2-17H,1H3. The van der Waals surface area contributed by atoms with Gasteiger partial charge in [0.25, 0.3) is 0 Å². The summed E-state index contributed by atoms with van der Waals surface area (Å²) in [5.41, 5.74) is 6.63. The Kier molecular flexibility index (Phi) is 4.98. The van der Waals surface area contributed by atoms with E-state index < -0.39 is 0 Å². The maximum atomic E-state index is 12.5. The minimum Gasteiger partial charge on any atom is -0.364 e. The molecule has 3 nitrogen and oxygen atoms in total. The van der Waals surface area contributed by atoms with Crippen LogP contribution in [0.5, 0.6) is 0 Å². The molecule has 0 unspecified atom stereocenters. The van der Waals surface area contributed by atoms with E-state index in [1.165, 1.54) is 5.56 Å². The van der Waals surface area contributed by atoms with Gasteiger partial charge in [0.15, 0.2) is 5.78 Å². The molecule has 4 aromatic rings. The molecule has 0 amide bonds. The normalized spacial score (nSPS) is 11.0. The van der Waals surface area contributed by atoms with Crippen LogP contribution in [0.4, 0.5) is 0 Å². The average molecular weight is 365 g/mol. The Morgan fingerprint density at radius 2 is 1.68 bits per heavy atom. The summed E-state index contributed by atoms with van der Waals surface area (Å²) in [6.45, 7) is 2.06. The molecular formula is C25H19NO2. The first-order chi connectivity index (χ1) is 13.7. The maximum absolute atomic E-state index is 12.5. The Morgan fingerprint density at radius 1 is 0.893 bits per heavy atom. The van der Waals surface area contributed by atoms with Crippen molar-refractivity contribution in [3.63, 3.8) is 0 Å². The third-order valence-corrected chi connectivity index (χ3v) is 4.62. The molecule has 0 N–H and O–H groups in total. The maximum Gasteiger partial charge on any atom is 0.185 e. The van der Waals surface area contributed by atoms with E-state index in [9.17, 15) is 4.79 Å². The summed E-state index contributed by atoms with van der Waals surface area (Å²) in [6.07, 6.45) is 5.05. The number of hydrogen-bond acceptors (Lipinski definition) is 3. The van der Waals surface area contributed by atoms with Crippen molar-refractivity contribution in [2.75, 3.05) is 0 Å². The fraction of sp³-hybridized carbons (Fsp3) is 0.0400. The molecule has 136 valence electrons. The van der Waals surface area contributed by atoms with Crippen LogP contribution in [0.1, 0.15) is 21.5 Å². The third kappa shape index (κ3) is 3.69. The largest absolute Gasteiger partial charge is 0.364 e. The molecule has 0 spiro atoms. The van der Waals surface area contributed by atoms with Gasteiger partial charge >= 0.3 is 0 Å². The Bertz CT molecular complexity index is 1110. The highest BCUT2D eigenvalue weighted by atomic mass is 16.5. The highest BCUT2D eigenvalue weighted by Crippen LogP contribution is 2.35. The van der Waals surface area contributed by atoms with E-state index in [-0.39, 0.29) is 5.78 Å². The summed E-state index contributed by atoms with van der Waals surface area (Å²) in [7, 11) is 0. The average Bonchev–Trinajstić information content (AvgIpc) is 3.28. The molecule has 0 saturated carbocycles. The van der Waals surface area contributed by atoms with Gasteiger partial charge in [0, 0.05) is 17.2 Å². The van der Waals surface area contributed by atoms with Gasteiger partial charge < -0.3 is 4.52 Å². The smallest absolute Gasteiger partial charge is 0.185 e. The van der Waals surface area contributed by atoms with Crippen LogP contribution in [0.3, 0.4) is 0 Å². The van der Waals surface area contributed by atoms with Crippen molar-refractivity contribution in [3.8, 4) is 22.4 Å². The summed E-state index contributed by atoms with van der Waals surface area (Å²) in [5, 5.41) is 4.11. The number of carbonyl (C=O) groups is 1. The first-order valence-electron chi connectivity index (χ1n) is 9.10. The summed E-state index contributed by atoms with van der Waals surface area (Å²) in [4.78, 5) is 12.5. The number of benzene rings is 3. The van der Waals surface area contributed by atoms with Gasteiger partial charge in [0.2, 0.25) is 0 Å². The molecule has 0 aliphatic carbocycles. The molecule has 28 heavy (non-hydrogen) atoms. The number of aryl methyl sites for hydroxylation is 1. The zero-order valence-corrected chi connectivity index (χ0v) is 15.5. The molecule has 0 aliphatic heterocycles. The number of ketones is 1. The number of allylic oxidation sites excluding steroid dienone is 1. The van der Waals surface area contributed by atoms with E-state index in [1.807, 2.05) is 60.7 Å². The predicted molar refractivity (Wildman–Crippen MR) is 112 cm³/mol. The van der Waals surface area contributed by atoms with E-state index in [0.717, 1.165) is 27.9 Å². The SMILES string of the molecule is Cc1ccc(-c2c(C=CC(=O)c3ccccc3)cccc2-c2ccon2)cc1. The first-order valence-corrected chi connectivity index (χ1v) is 9.10. The van der Waals surface area contributed by atoms with Crippen molar-refractivity contribution in [1.29, 1.82) is 0 Å². The molecule has 0 fully saturated rings. The molecule has 3 aromatic carbocycles. The van der Waals surface area contributed by atoms with E-state index in [4.69, 9.17) is 4.52 Å². The monoisotopic (exact) mass is 365 g/mol. The molecule has 0 bridgehead atoms. The van der Waals surface area contributed by atoms with Crippen LogP contribution in [-0.4, -0.2) is 10.9 Å². The second-order valence-electron chi connectivity index (χ2n) is 6.58. The molecule has 3 heteroatoms. The van der Waals surface area contributed by atoms with Crippen molar-refractivity contribution in [1.82, 2.24) is 5.16 Å². The van der Waals surface area contributed by atoms with Crippen LogP contribution < -0.4 is 0 Å². The molecule has 0 aliphatic rings. The lowest BCUT2D eigenvalue weighted by Crippen LogP contribution is -1.94. The van der Waals surface area contributed by atoms with Gasteiger partial charge in [-0.3, -0.25) is 4.79 Å². The summed E-state index contributed by atoms with van der Waals surface area (Å²) < 4.78 is 5.05. The van der Waals surface area contributed by atoms with Crippen molar-refractivity contribution in [2.45, 2.75) is 6.92 Å². The molecule has 1 heterocycles. The van der Waals surface area contributed by atoms with Crippen molar-refractivity contribution < 1.29 is 9.32 Å². The minimum absolute atomic E-state index is 0.0257. The molecule has 0 saturated heterocycles. The van der Waals surface area contributed by atoms with Crippen LogP contribution in [0.2, 0.25) is 0 Å². The fourth-order valence-corrected chi connectivity index (χ4v) is 3.18. The first kappa shape index (κ1) is 17.7. The number of aromatic nitrogens is 1. The molecule has 0 radical (unpaired) electrons. The Labute approximate surface area is 163 Å². The Morgan fingerprint density at radius 3 is 2.39 bits per heavy atom. The molecular weight excluding hydrogens is 346 g/mol. The lowest BCUT2D eigenvalue weighted by Gasteiger charge is -2.12. The lowest BCUT2D eigenvalue weighted by molar-refractivity contribution is 0.104. The van der Waals surface area contributed by atoms with Gasteiger partial charge in [0.1, 0.15) is 12.0 Å². The zero-order chi connectivity index (χ0) is 19.3. The summed E-state index contributed by atoms with van der Waals surface area (Å²) in [6, 6.07) is 25.4. The van der Waals surface area contributed by atoms with Crippen molar-refractivity contribution in [3.05, 3.63) is 108 Å². The second-order valence-corrected chi connectivity index (χ2v) is 6.58. The van der Waals surface area contributed by atoms with Gasteiger partial charge in [-0.05, 0) is 29.7 Å². The van der Waals surface area contributed by atoms with Crippen LogP contribution >= 0.6 is 0 Å². The van der Waals surface area contributed by atoms with Gasteiger partial charge in [-0.1, -0.05) is 89.6 Å². The number of carbonyl (C=O) groups excluding carboxylic acids is 1. The Hall–Kier alpha value is -3.72. The predicted octanol–water partition coefficient (Wildman–Crippen LogP) is 6.21. The minimum atomic E-state index is -0.0257. The van der Waals surface area contributed by atoms with E-state index in [1.54, 1.807) is 12.3 Å². The topological polar surface area (TPSA) is 43.1 Å². The van der Waals surface area contributed by atoms with E-state index >= 15 is 0 Å². The van der Waals surface area contributed by atoms with E-state index in [0.29, 0.717) is 5.56 Å². The molecule has 4 rings (SSSR count). The van der Waals surface area contributed by atoms with Crippen molar-refractivity contribution >= 4 is 11.9 Å². The van der Waals surface area contributed by atoms with Crippen LogP contribution in [0.25, 0.3) is 28.5 Å². The number of hydrogen-bond donors (Lipinski definition) is 0. The summed E-state index contributed by atoms with van der Waals surface area (Å²) >= 11 is 0. The second kappa shape index (κ2) is 7.89. The lowest BCUT2D eigenvalue weighted by atomic mass is 9.92. The zero-order valence-electron chi connectivity index (χ0n) is 15.5. The quantitative estimate of drug-likeness (QED) is 0.312. The third-order valence-electron chi connectivity index (χ3n) is 4.62. The number of nitrogens with zero attached hydrogens (tertiary/aromatic N) is 1. The highest BCUT2D eigenvalue weighted by molar-refractivity contribution is 6.07. The van der Waals surface area contributed by atoms with E-state index in [2.05, 4.69) is 36.3 Å². The van der Waals surface area contributed by atoms with Gasteiger partial charge in [0.05, 0.1) is 0 Å². The van der Waals surface area contributed by atoms with Crippen LogP contribution in [0.15, 0.2) is 95.7 Å². The number of rotatable bonds is 5. The van der Waals surface area contributed by atoms with Crippen LogP contribution in [0, 0.1) is 6.92 Å². The van der Waals surface area contributed by atoms with Gasteiger partial charge in [-0.2, -0.15) is 0 Å². The Balaban J connectivity index is 1.81. The van der Waals surface area contributed by atoms with Gasteiger partial charge in [-0.25, -0.2) is 0 Å². The van der Waals surface area contributed by atoms with Gasteiger partial charge in [-0.15, -0.1) is 0 Å². The molecule has 0 atom stereocenters. The highest BCUT2D eigenvalue weighted by Gasteiger charge is 2.13.